The van der Waals surface area contributed by atoms with Crippen molar-refractivity contribution in [3.8, 4) is 0 Å². The van der Waals surface area contributed by atoms with Crippen LogP contribution < -0.4 is 5.32 Å². The van der Waals surface area contributed by atoms with Gasteiger partial charge in [-0.3, -0.25) is 19.3 Å². The number of hydrogen-bond donors (Lipinski definition) is 1. The Hall–Kier alpha value is -3.82. The van der Waals surface area contributed by atoms with Gasteiger partial charge in [-0.2, -0.15) is 4.31 Å². The first-order chi connectivity index (χ1) is 16.7. The molecule has 2 heterocycles. The molecule has 0 saturated carbocycles. The second-order valence-electron chi connectivity index (χ2n) is 8.68. The number of rotatable bonds is 5. The van der Waals surface area contributed by atoms with Crippen LogP contribution in [0.1, 0.15) is 37.4 Å². The number of carbonyl (C=O) groups excluding carboxylic acids is 3. The summed E-state index contributed by atoms with van der Waals surface area (Å²) in [5.74, 6) is -1.51. The molecule has 0 saturated heterocycles. The minimum atomic E-state index is -3.65. The third-order valence-electron chi connectivity index (χ3n) is 6.31. The van der Waals surface area contributed by atoms with Gasteiger partial charge < -0.3 is 5.32 Å². The number of imide groups is 1. The van der Waals surface area contributed by atoms with Crippen LogP contribution in [-0.4, -0.2) is 48.4 Å². The fraction of sp³-hybridized carbons (Fsp3) is 0.192. The van der Waals surface area contributed by atoms with Gasteiger partial charge in [0.2, 0.25) is 15.9 Å². The second-order valence-corrected chi connectivity index (χ2v) is 10.6. The van der Waals surface area contributed by atoms with Gasteiger partial charge in [-0.25, -0.2) is 8.42 Å². The molecule has 35 heavy (non-hydrogen) atoms. The molecule has 0 aliphatic carbocycles. The van der Waals surface area contributed by atoms with Crippen molar-refractivity contribution in [3.63, 3.8) is 0 Å². The van der Waals surface area contributed by atoms with Gasteiger partial charge in [-0.05, 0) is 60.9 Å². The van der Waals surface area contributed by atoms with Crippen LogP contribution in [0, 0.1) is 6.92 Å². The van der Waals surface area contributed by atoms with Crippen LogP contribution in [0.3, 0.4) is 0 Å². The number of amides is 3. The quantitative estimate of drug-likeness (QED) is 0.555. The average molecular weight is 490 g/mol. The molecule has 3 aromatic carbocycles. The Kier molecular flexibility index (Phi) is 5.74. The molecule has 8 nitrogen and oxygen atoms in total. The summed E-state index contributed by atoms with van der Waals surface area (Å²) in [5.41, 5.74) is 3.83. The number of nitrogens with zero attached hydrogens (tertiary/aromatic N) is 2. The average Bonchev–Trinajstić information content (AvgIpc) is 3.09. The molecule has 0 aromatic heterocycles. The highest BCUT2D eigenvalue weighted by Crippen LogP contribution is 2.28. The molecule has 9 heteroatoms. The van der Waals surface area contributed by atoms with E-state index in [0.717, 1.165) is 21.6 Å². The summed E-state index contributed by atoms with van der Waals surface area (Å²) in [7, 11) is -3.65. The molecule has 0 spiro atoms. The topological polar surface area (TPSA) is 104 Å². The summed E-state index contributed by atoms with van der Waals surface area (Å²) in [4.78, 5) is 38.9. The van der Waals surface area contributed by atoms with Crippen LogP contribution in [0.4, 0.5) is 5.69 Å². The SMILES string of the molecule is Cc1ccc(S(=O)(=O)N2CCc3ccc(NC(=O)CN4C(=O)c5ccccc5C4=O)cc3C2)cc1. The van der Waals surface area contributed by atoms with E-state index in [2.05, 4.69) is 5.32 Å². The minimum absolute atomic E-state index is 0.188. The summed E-state index contributed by atoms with van der Waals surface area (Å²) in [6.07, 6.45) is 0.559. The number of fused-ring (bicyclic) bond motifs is 2. The lowest BCUT2D eigenvalue weighted by Crippen LogP contribution is -2.37. The van der Waals surface area contributed by atoms with Crippen LogP contribution in [0.2, 0.25) is 0 Å². The molecule has 3 amide bonds. The zero-order valence-corrected chi connectivity index (χ0v) is 19.8. The molecular weight excluding hydrogens is 466 g/mol. The summed E-state index contributed by atoms with van der Waals surface area (Å²) in [5, 5.41) is 2.73. The van der Waals surface area contributed by atoms with Crippen LogP contribution in [-0.2, 0) is 27.8 Å². The standard InChI is InChI=1S/C26H23N3O5S/c1-17-6-10-21(11-7-17)35(33,34)28-13-12-18-8-9-20(14-19(18)15-28)27-24(30)16-29-25(31)22-4-2-3-5-23(22)26(29)32/h2-11,14H,12-13,15-16H2,1H3,(H,27,30). The van der Waals surface area contributed by atoms with E-state index in [9.17, 15) is 22.8 Å². The van der Waals surface area contributed by atoms with E-state index >= 15 is 0 Å². The lowest BCUT2D eigenvalue weighted by Gasteiger charge is -2.28. The van der Waals surface area contributed by atoms with Crippen molar-refractivity contribution < 1.29 is 22.8 Å². The largest absolute Gasteiger partial charge is 0.325 e. The van der Waals surface area contributed by atoms with Crippen molar-refractivity contribution in [1.82, 2.24) is 9.21 Å². The summed E-state index contributed by atoms with van der Waals surface area (Å²) < 4.78 is 27.6. The molecule has 3 aromatic rings. The summed E-state index contributed by atoms with van der Waals surface area (Å²) >= 11 is 0. The van der Waals surface area contributed by atoms with Crippen molar-refractivity contribution in [2.24, 2.45) is 0 Å². The fourth-order valence-electron chi connectivity index (χ4n) is 4.40. The Labute approximate surface area is 203 Å². The summed E-state index contributed by atoms with van der Waals surface area (Å²) in [6, 6.07) is 18.6. The number of sulfonamides is 1. The van der Waals surface area contributed by atoms with Gasteiger partial charge in [0.1, 0.15) is 6.54 Å². The Morgan fingerprint density at radius 2 is 1.57 bits per heavy atom. The van der Waals surface area contributed by atoms with E-state index in [4.69, 9.17) is 0 Å². The molecule has 0 unspecified atom stereocenters. The predicted octanol–water partition coefficient (Wildman–Crippen LogP) is 2.98. The number of hydrogen-bond acceptors (Lipinski definition) is 5. The maximum Gasteiger partial charge on any atom is 0.262 e. The Bertz CT molecular complexity index is 1430. The number of aryl methyl sites for hydroxylation is 1. The molecule has 0 radical (unpaired) electrons. The van der Waals surface area contributed by atoms with E-state index in [-0.39, 0.29) is 22.6 Å². The smallest absolute Gasteiger partial charge is 0.262 e. The Morgan fingerprint density at radius 1 is 0.914 bits per heavy atom. The fourth-order valence-corrected chi connectivity index (χ4v) is 5.82. The highest BCUT2D eigenvalue weighted by molar-refractivity contribution is 7.89. The molecule has 2 aliphatic heterocycles. The van der Waals surface area contributed by atoms with Gasteiger partial charge in [-0.15, -0.1) is 0 Å². The van der Waals surface area contributed by atoms with E-state index in [1.54, 1.807) is 60.7 Å². The van der Waals surface area contributed by atoms with Gasteiger partial charge >= 0.3 is 0 Å². The van der Waals surface area contributed by atoms with Crippen molar-refractivity contribution in [3.05, 3.63) is 94.5 Å². The Morgan fingerprint density at radius 3 is 2.23 bits per heavy atom. The second kappa shape index (κ2) is 8.75. The van der Waals surface area contributed by atoms with E-state index in [1.807, 2.05) is 13.0 Å². The van der Waals surface area contributed by atoms with Crippen molar-refractivity contribution >= 4 is 33.4 Å². The lowest BCUT2D eigenvalue weighted by atomic mass is 10.0. The molecule has 0 atom stereocenters. The third kappa shape index (κ3) is 4.24. The number of benzene rings is 3. The third-order valence-corrected chi connectivity index (χ3v) is 8.17. The minimum Gasteiger partial charge on any atom is -0.325 e. The van der Waals surface area contributed by atoms with Crippen LogP contribution in [0.25, 0.3) is 0 Å². The van der Waals surface area contributed by atoms with Gasteiger partial charge in [0.05, 0.1) is 16.0 Å². The van der Waals surface area contributed by atoms with E-state index in [0.29, 0.717) is 18.7 Å². The highest BCUT2D eigenvalue weighted by atomic mass is 32.2. The molecule has 2 aliphatic rings. The first-order valence-electron chi connectivity index (χ1n) is 11.2. The maximum atomic E-state index is 13.1. The first-order valence-corrected chi connectivity index (χ1v) is 12.6. The monoisotopic (exact) mass is 489 g/mol. The summed E-state index contributed by atoms with van der Waals surface area (Å²) in [6.45, 7) is 2.05. The molecule has 178 valence electrons. The lowest BCUT2D eigenvalue weighted by molar-refractivity contribution is -0.116. The molecule has 0 bridgehead atoms. The Balaban J connectivity index is 1.29. The van der Waals surface area contributed by atoms with Crippen LogP contribution >= 0.6 is 0 Å². The van der Waals surface area contributed by atoms with Gasteiger partial charge in [0.25, 0.3) is 11.8 Å². The maximum absolute atomic E-state index is 13.1. The predicted molar refractivity (Wildman–Crippen MR) is 129 cm³/mol. The highest BCUT2D eigenvalue weighted by Gasteiger charge is 2.36. The van der Waals surface area contributed by atoms with E-state index < -0.39 is 34.3 Å². The van der Waals surface area contributed by atoms with E-state index in [1.165, 1.54) is 4.31 Å². The van der Waals surface area contributed by atoms with Crippen LogP contribution in [0.15, 0.2) is 71.6 Å². The molecular formula is C26H23N3O5S. The van der Waals surface area contributed by atoms with Gasteiger partial charge in [0, 0.05) is 18.8 Å². The van der Waals surface area contributed by atoms with Crippen molar-refractivity contribution in [2.75, 3.05) is 18.4 Å². The zero-order chi connectivity index (χ0) is 24.7. The molecule has 1 N–H and O–H groups in total. The molecule has 0 fully saturated rings. The van der Waals surface area contributed by atoms with Crippen molar-refractivity contribution in [1.29, 1.82) is 0 Å². The number of anilines is 1. The normalized spacial score (nSPS) is 15.6. The van der Waals surface area contributed by atoms with Crippen LogP contribution in [0.5, 0.6) is 0 Å². The first kappa shape index (κ1) is 22.9. The van der Waals surface area contributed by atoms with Crippen molar-refractivity contribution in [2.45, 2.75) is 24.8 Å². The molecule has 5 rings (SSSR count). The number of carbonyl (C=O) groups is 3. The number of nitrogens with one attached hydrogen (secondary N) is 1. The zero-order valence-electron chi connectivity index (χ0n) is 19.0. The van der Waals surface area contributed by atoms with Gasteiger partial charge in [0.15, 0.2) is 0 Å². The van der Waals surface area contributed by atoms with Gasteiger partial charge in [-0.1, -0.05) is 35.9 Å².